The number of amides is 3. The van der Waals surface area contributed by atoms with Crippen LogP contribution in [0, 0.1) is 5.92 Å². The van der Waals surface area contributed by atoms with Crippen molar-refractivity contribution in [2.75, 3.05) is 0 Å². The summed E-state index contributed by atoms with van der Waals surface area (Å²) in [6.07, 6.45) is 2.24. The molecule has 4 nitrogen and oxygen atoms in total. The van der Waals surface area contributed by atoms with Crippen LogP contribution in [-0.2, 0) is 4.79 Å². The second kappa shape index (κ2) is 4.39. The Bertz CT molecular complexity index is 513. The molecule has 1 aliphatic heterocycles. The number of nitrogens with one attached hydrogen (secondary N) is 2. The highest BCUT2D eigenvalue weighted by Gasteiger charge is 2.44. The van der Waals surface area contributed by atoms with Gasteiger partial charge in [0.2, 0.25) is 0 Å². The van der Waals surface area contributed by atoms with Gasteiger partial charge in [-0.05, 0) is 36.5 Å². The first-order valence-electron chi connectivity index (χ1n) is 6.02. The van der Waals surface area contributed by atoms with E-state index in [1.807, 2.05) is 24.3 Å². The molecule has 0 aromatic heterocycles. The van der Waals surface area contributed by atoms with E-state index in [1.165, 1.54) is 0 Å². The molecule has 2 unspecified atom stereocenters. The van der Waals surface area contributed by atoms with Crippen LogP contribution in [0.15, 0.2) is 28.7 Å². The van der Waals surface area contributed by atoms with Crippen LogP contribution < -0.4 is 10.6 Å². The molecule has 1 aromatic rings. The average molecular weight is 309 g/mol. The monoisotopic (exact) mass is 308 g/mol. The fourth-order valence-electron chi connectivity index (χ4n) is 2.59. The molecule has 2 N–H and O–H groups in total. The highest BCUT2D eigenvalue weighted by Crippen LogP contribution is 2.45. The van der Waals surface area contributed by atoms with E-state index in [9.17, 15) is 9.59 Å². The Morgan fingerprint density at radius 2 is 2.06 bits per heavy atom. The molecule has 2 atom stereocenters. The Morgan fingerprint density at radius 3 is 2.61 bits per heavy atom. The summed E-state index contributed by atoms with van der Waals surface area (Å²) >= 11 is 3.45. The lowest BCUT2D eigenvalue weighted by atomic mass is 9.87. The van der Waals surface area contributed by atoms with Gasteiger partial charge in [-0.25, -0.2) is 4.79 Å². The van der Waals surface area contributed by atoms with Gasteiger partial charge in [-0.15, -0.1) is 0 Å². The molecule has 1 aliphatic carbocycles. The van der Waals surface area contributed by atoms with Crippen LogP contribution in [0.1, 0.15) is 24.3 Å². The summed E-state index contributed by atoms with van der Waals surface area (Å²) in [5.41, 5.74) is 1.11. The number of rotatable bonds is 3. The Balaban J connectivity index is 1.93. The van der Waals surface area contributed by atoms with Crippen molar-refractivity contribution < 1.29 is 9.59 Å². The van der Waals surface area contributed by atoms with Crippen LogP contribution in [0.25, 0.3) is 0 Å². The summed E-state index contributed by atoms with van der Waals surface area (Å²) < 4.78 is 0.996. The van der Waals surface area contributed by atoms with E-state index in [0.29, 0.717) is 5.92 Å². The van der Waals surface area contributed by atoms with Crippen LogP contribution >= 0.6 is 15.9 Å². The maximum atomic E-state index is 11.8. The number of carbonyl (C=O) groups is 2. The summed E-state index contributed by atoms with van der Waals surface area (Å²) in [5, 5.41) is 5.04. The number of hydrogen-bond donors (Lipinski definition) is 2. The largest absolute Gasteiger partial charge is 0.325 e. The Morgan fingerprint density at radius 1 is 1.28 bits per heavy atom. The second-order valence-corrected chi connectivity index (χ2v) is 5.77. The molecule has 1 heterocycles. The van der Waals surface area contributed by atoms with Crippen molar-refractivity contribution in [1.29, 1.82) is 0 Å². The van der Waals surface area contributed by atoms with E-state index in [4.69, 9.17) is 0 Å². The molecule has 0 bridgehead atoms. The molecule has 0 radical (unpaired) electrons. The van der Waals surface area contributed by atoms with Gasteiger partial charge in [-0.1, -0.05) is 28.1 Å². The summed E-state index contributed by atoms with van der Waals surface area (Å²) in [6, 6.07) is 7.15. The standard InChI is InChI=1S/C13H13BrN2O2/c14-9-3-1-2-8(6-9)10(7-4-5-7)11-12(17)16-13(18)15-11/h1-3,6-7,10-11H,4-5H2,(H2,15,16,17,18). The maximum Gasteiger partial charge on any atom is 0.322 e. The Labute approximate surface area is 113 Å². The molecule has 1 saturated carbocycles. The molecule has 2 fully saturated rings. The number of halogens is 1. The predicted octanol–water partition coefficient (Wildman–Crippen LogP) is 2.15. The van der Waals surface area contributed by atoms with Gasteiger partial charge >= 0.3 is 6.03 Å². The molecular formula is C13H13BrN2O2. The third-order valence-corrected chi connectivity index (χ3v) is 4.02. The lowest BCUT2D eigenvalue weighted by Crippen LogP contribution is -2.36. The number of imide groups is 1. The smallest absolute Gasteiger partial charge is 0.322 e. The van der Waals surface area contributed by atoms with Gasteiger partial charge in [0.15, 0.2) is 0 Å². The van der Waals surface area contributed by atoms with E-state index in [1.54, 1.807) is 0 Å². The van der Waals surface area contributed by atoms with Crippen LogP contribution in [0.5, 0.6) is 0 Å². The van der Waals surface area contributed by atoms with E-state index < -0.39 is 6.04 Å². The van der Waals surface area contributed by atoms with Crippen LogP contribution in [0.4, 0.5) is 4.79 Å². The minimum atomic E-state index is -0.431. The van der Waals surface area contributed by atoms with Gasteiger partial charge in [-0.2, -0.15) is 0 Å². The van der Waals surface area contributed by atoms with Crippen molar-refractivity contribution >= 4 is 27.9 Å². The molecule has 3 rings (SSSR count). The first-order valence-corrected chi connectivity index (χ1v) is 6.81. The van der Waals surface area contributed by atoms with E-state index >= 15 is 0 Å². The first kappa shape index (κ1) is 11.7. The molecule has 1 saturated heterocycles. The van der Waals surface area contributed by atoms with Crippen molar-refractivity contribution in [3.05, 3.63) is 34.3 Å². The summed E-state index contributed by atoms with van der Waals surface area (Å²) in [6.45, 7) is 0. The first-order chi connectivity index (χ1) is 8.65. The van der Waals surface area contributed by atoms with Crippen molar-refractivity contribution in [1.82, 2.24) is 10.6 Å². The Kier molecular flexibility index (Phi) is 2.86. The van der Waals surface area contributed by atoms with Gasteiger partial charge in [0, 0.05) is 10.4 Å². The molecule has 1 aromatic carbocycles. The number of carbonyl (C=O) groups excluding carboxylic acids is 2. The minimum Gasteiger partial charge on any atom is -0.325 e. The number of benzene rings is 1. The number of hydrogen-bond acceptors (Lipinski definition) is 2. The average Bonchev–Trinajstić information content (AvgIpc) is 3.07. The molecule has 0 spiro atoms. The zero-order valence-electron chi connectivity index (χ0n) is 9.65. The van der Waals surface area contributed by atoms with Crippen molar-refractivity contribution in [3.8, 4) is 0 Å². The fourth-order valence-corrected chi connectivity index (χ4v) is 3.01. The lowest BCUT2D eigenvalue weighted by Gasteiger charge is -2.21. The third-order valence-electron chi connectivity index (χ3n) is 3.53. The van der Waals surface area contributed by atoms with Crippen molar-refractivity contribution in [2.24, 2.45) is 5.92 Å². The summed E-state index contributed by atoms with van der Waals surface area (Å²) in [4.78, 5) is 23.1. The second-order valence-electron chi connectivity index (χ2n) is 4.86. The van der Waals surface area contributed by atoms with E-state index in [0.717, 1.165) is 22.9 Å². The lowest BCUT2D eigenvalue weighted by molar-refractivity contribution is -0.120. The van der Waals surface area contributed by atoms with E-state index in [-0.39, 0.29) is 17.9 Å². The normalized spacial score (nSPS) is 24.6. The van der Waals surface area contributed by atoms with Gasteiger partial charge in [0.1, 0.15) is 6.04 Å². The summed E-state index contributed by atoms with van der Waals surface area (Å²) in [5.74, 6) is 0.360. The third kappa shape index (κ3) is 2.14. The van der Waals surface area contributed by atoms with Crippen molar-refractivity contribution in [2.45, 2.75) is 24.8 Å². The Hall–Kier alpha value is -1.36. The molecule has 5 heteroatoms. The van der Waals surface area contributed by atoms with Gasteiger partial charge < -0.3 is 5.32 Å². The van der Waals surface area contributed by atoms with Crippen LogP contribution in [-0.4, -0.2) is 18.0 Å². The van der Waals surface area contributed by atoms with E-state index in [2.05, 4.69) is 26.6 Å². The van der Waals surface area contributed by atoms with Crippen LogP contribution in [0.3, 0.4) is 0 Å². The topological polar surface area (TPSA) is 58.2 Å². The highest BCUT2D eigenvalue weighted by atomic mass is 79.9. The zero-order valence-corrected chi connectivity index (χ0v) is 11.2. The molecule has 94 valence electrons. The molecular weight excluding hydrogens is 296 g/mol. The maximum absolute atomic E-state index is 11.8. The van der Waals surface area contributed by atoms with Gasteiger partial charge in [0.05, 0.1) is 0 Å². The van der Waals surface area contributed by atoms with Gasteiger partial charge in [-0.3, -0.25) is 10.1 Å². The highest BCUT2D eigenvalue weighted by molar-refractivity contribution is 9.10. The van der Waals surface area contributed by atoms with Crippen LogP contribution in [0.2, 0.25) is 0 Å². The van der Waals surface area contributed by atoms with Gasteiger partial charge in [0.25, 0.3) is 5.91 Å². The predicted molar refractivity (Wildman–Crippen MR) is 70.1 cm³/mol. The fraction of sp³-hybridized carbons (Fsp3) is 0.385. The molecule has 2 aliphatic rings. The number of urea groups is 1. The zero-order chi connectivity index (χ0) is 12.7. The quantitative estimate of drug-likeness (QED) is 0.841. The minimum absolute atomic E-state index is 0.0777. The molecule has 3 amide bonds. The molecule has 18 heavy (non-hydrogen) atoms. The van der Waals surface area contributed by atoms with Crippen molar-refractivity contribution in [3.63, 3.8) is 0 Å². The SMILES string of the molecule is O=C1NC(=O)C(C(c2cccc(Br)c2)C2CC2)N1. The summed E-state index contributed by atoms with van der Waals surface area (Å²) in [7, 11) is 0.